The van der Waals surface area contributed by atoms with Gasteiger partial charge in [-0.1, -0.05) is 51.8 Å². The van der Waals surface area contributed by atoms with E-state index in [-0.39, 0.29) is 12.1 Å². The fourth-order valence-electron chi connectivity index (χ4n) is 4.07. The maximum atomic E-state index is 13.0. The Morgan fingerprint density at radius 3 is 2.63 bits per heavy atom. The van der Waals surface area contributed by atoms with Crippen LogP contribution in [-0.2, 0) is 24.2 Å². The number of halogens is 1. The Hall–Kier alpha value is -1.85. The Kier molecular flexibility index (Phi) is 6.93. The molecule has 1 aliphatic rings. The van der Waals surface area contributed by atoms with Crippen molar-refractivity contribution >= 4 is 22.0 Å². The number of amides is 1. The average molecular weight is 473 g/mol. The maximum absolute atomic E-state index is 13.0. The highest BCUT2D eigenvalue weighted by Gasteiger charge is 2.34. The summed E-state index contributed by atoms with van der Waals surface area (Å²) in [6, 6.07) is 12.9. The van der Waals surface area contributed by atoms with Crippen LogP contribution in [0.3, 0.4) is 0 Å². The van der Waals surface area contributed by atoms with E-state index in [1.165, 1.54) is 27.8 Å². The molecule has 0 spiro atoms. The van der Waals surface area contributed by atoms with Gasteiger partial charge in [-0.25, -0.2) is 4.79 Å². The van der Waals surface area contributed by atoms with Gasteiger partial charge in [0.25, 0.3) is 0 Å². The molecule has 2 aromatic carbocycles. The second kappa shape index (κ2) is 9.11. The Morgan fingerprint density at radius 1 is 1.23 bits per heavy atom. The molecule has 1 aliphatic heterocycles. The summed E-state index contributed by atoms with van der Waals surface area (Å²) in [5.41, 5.74) is 5.88. The molecule has 0 saturated heterocycles. The van der Waals surface area contributed by atoms with Crippen LogP contribution in [0.5, 0.6) is 0 Å². The molecule has 0 bridgehead atoms. The van der Waals surface area contributed by atoms with Crippen LogP contribution >= 0.6 is 15.9 Å². The van der Waals surface area contributed by atoms with E-state index < -0.39 is 5.60 Å². The molecule has 1 heterocycles. The van der Waals surface area contributed by atoms with E-state index in [4.69, 9.17) is 4.74 Å². The summed E-state index contributed by atoms with van der Waals surface area (Å²) in [4.78, 5) is 17.2. The molecule has 0 saturated carbocycles. The quantitative estimate of drug-likeness (QED) is 0.558. The lowest BCUT2D eigenvalue weighted by atomic mass is 9.93. The molecular weight excluding hydrogens is 440 g/mol. The zero-order chi connectivity index (χ0) is 22.1. The van der Waals surface area contributed by atoms with E-state index in [0.717, 1.165) is 24.0 Å². The number of nitrogens with zero attached hydrogens (tertiary/aromatic N) is 2. The molecule has 4 nitrogen and oxygen atoms in total. The predicted octanol–water partition coefficient (Wildman–Crippen LogP) is 5.86. The Balaban J connectivity index is 1.81. The smallest absolute Gasteiger partial charge is 0.410 e. The number of carbonyl (C=O) groups excluding carboxylic acids is 1. The first-order chi connectivity index (χ1) is 14.0. The molecule has 0 aliphatic carbocycles. The van der Waals surface area contributed by atoms with Crippen molar-refractivity contribution in [1.82, 2.24) is 9.80 Å². The molecule has 1 amide bonds. The normalized spacial score (nSPS) is 16.5. The van der Waals surface area contributed by atoms with Crippen molar-refractivity contribution in [2.75, 3.05) is 13.6 Å². The van der Waals surface area contributed by atoms with Gasteiger partial charge in [-0.05, 0) is 76.4 Å². The van der Waals surface area contributed by atoms with Gasteiger partial charge in [0, 0.05) is 24.1 Å². The number of likely N-dealkylation sites (N-methyl/N-ethyl adjacent to an activating group) is 1. The van der Waals surface area contributed by atoms with Gasteiger partial charge >= 0.3 is 6.09 Å². The Bertz CT molecular complexity index is 920. The molecule has 162 valence electrons. The van der Waals surface area contributed by atoms with Crippen LogP contribution in [0.2, 0.25) is 0 Å². The minimum atomic E-state index is -0.510. The second-order valence-electron chi connectivity index (χ2n) is 9.47. The Morgan fingerprint density at radius 2 is 1.97 bits per heavy atom. The van der Waals surface area contributed by atoms with Gasteiger partial charge in [-0.3, -0.25) is 4.90 Å². The first kappa shape index (κ1) is 22.8. The largest absolute Gasteiger partial charge is 0.444 e. The van der Waals surface area contributed by atoms with E-state index in [2.05, 4.69) is 72.1 Å². The fourth-order valence-corrected chi connectivity index (χ4v) is 4.64. The molecule has 0 N–H and O–H groups in total. The summed E-state index contributed by atoms with van der Waals surface area (Å²) in [5.74, 6) is 0. The minimum absolute atomic E-state index is 0.0572. The molecule has 0 fully saturated rings. The van der Waals surface area contributed by atoms with Crippen molar-refractivity contribution in [2.45, 2.75) is 65.8 Å². The number of hydrogen-bond donors (Lipinski definition) is 0. The van der Waals surface area contributed by atoms with Gasteiger partial charge < -0.3 is 9.64 Å². The van der Waals surface area contributed by atoms with Crippen molar-refractivity contribution in [3.63, 3.8) is 0 Å². The van der Waals surface area contributed by atoms with Crippen LogP contribution in [-0.4, -0.2) is 41.1 Å². The van der Waals surface area contributed by atoms with Crippen molar-refractivity contribution < 1.29 is 9.53 Å². The summed E-state index contributed by atoms with van der Waals surface area (Å²) in [7, 11) is 2.13. The van der Waals surface area contributed by atoms with Crippen LogP contribution in [0.25, 0.3) is 0 Å². The number of hydrogen-bond acceptors (Lipinski definition) is 3. The number of fused-ring (bicyclic) bond motifs is 1. The molecule has 0 radical (unpaired) electrons. The van der Waals surface area contributed by atoms with E-state index >= 15 is 0 Å². The van der Waals surface area contributed by atoms with Crippen LogP contribution in [0.1, 0.15) is 48.6 Å². The average Bonchev–Trinajstić information content (AvgIpc) is 2.63. The lowest BCUT2D eigenvalue weighted by molar-refractivity contribution is 0.00822. The van der Waals surface area contributed by atoms with Gasteiger partial charge in [0.1, 0.15) is 5.60 Å². The van der Waals surface area contributed by atoms with E-state index in [1.54, 1.807) is 0 Å². The summed E-state index contributed by atoms with van der Waals surface area (Å²) >= 11 is 3.70. The molecular formula is C25H33BrN2O2. The number of ether oxygens (including phenoxy) is 1. The molecule has 3 rings (SSSR count). The maximum Gasteiger partial charge on any atom is 0.410 e. The van der Waals surface area contributed by atoms with E-state index in [0.29, 0.717) is 6.54 Å². The molecule has 1 atom stereocenters. The third kappa shape index (κ3) is 5.64. The van der Waals surface area contributed by atoms with Gasteiger partial charge in [-0.15, -0.1) is 0 Å². The number of rotatable bonds is 4. The summed E-state index contributed by atoms with van der Waals surface area (Å²) in [6.07, 6.45) is 0.575. The van der Waals surface area contributed by atoms with Crippen molar-refractivity contribution in [3.05, 3.63) is 68.7 Å². The minimum Gasteiger partial charge on any atom is -0.444 e. The Labute approximate surface area is 189 Å². The highest BCUT2D eigenvalue weighted by atomic mass is 79.9. The second-order valence-corrected chi connectivity index (χ2v) is 10.3. The lowest BCUT2D eigenvalue weighted by Gasteiger charge is -2.39. The van der Waals surface area contributed by atoms with Crippen LogP contribution in [0, 0.1) is 13.8 Å². The van der Waals surface area contributed by atoms with Crippen LogP contribution in [0.4, 0.5) is 4.79 Å². The van der Waals surface area contributed by atoms with Gasteiger partial charge in [0.05, 0.1) is 6.04 Å². The first-order valence-corrected chi connectivity index (χ1v) is 11.3. The monoisotopic (exact) mass is 472 g/mol. The van der Waals surface area contributed by atoms with Crippen molar-refractivity contribution in [1.29, 1.82) is 0 Å². The van der Waals surface area contributed by atoms with E-state index in [1.807, 2.05) is 31.7 Å². The zero-order valence-electron chi connectivity index (χ0n) is 19.0. The number of aryl methyl sites for hydroxylation is 2. The summed E-state index contributed by atoms with van der Waals surface area (Å²) in [6.45, 7) is 12.3. The summed E-state index contributed by atoms with van der Waals surface area (Å²) < 4.78 is 6.86. The van der Waals surface area contributed by atoms with E-state index in [9.17, 15) is 4.79 Å². The first-order valence-electron chi connectivity index (χ1n) is 10.5. The number of benzene rings is 2. The molecule has 30 heavy (non-hydrogen) atoms. The molecule has 5 heteroatoms. The lowest BCUT2D eigenvalue weighted by Crippen LogP contribution is -2.50. The summed E-state index contributed by atoms with van der Waals surface area (Å²) in [5, 5.41) is 0. The fraction of sp³-hybridized carbons (Fsp3) is 0.480. The van der Waals surface area contributed by atoms with Crippen LogP contribution < -0.4 is 0 Å². The molecule has 1 unspecified atom stereocenters. The molecule has 0 aromatic heterocycles. The third-order valence-electron chi connectivity index (χ3n) is 5.53. The molecule has 2 aromatic rings. The van der Waals surface area contributed by atoms with Gasteiger partial charge in [0.2, 0.25) is 0 Å². The zero-order valence-corrected chi connectivity index (χ0v) is 20.5. The van der Waals surface area contributed by atoms with Gasteiger partial charge in [-0.2, -0.15) is 0 Å². The standard InChI is InChI=1S/C25H33BrN2O2/c1-17-10-11-19(18(2)12-17)14-27(6)16-21-13-22-20(8-7-9-23(22)26)15-28(21)24(29)30-25(3,4)5/h7-12,21H,13-16H2,1-6H3. The van der Waals surface area contributed by atoms with Crippen LogP contribution in [0.15, 0.2) is 40.9 Å². The van der Waals surface area contributed by atoms with Gasteiger partial charge in [0.15, 0.2) is 0 Å². The highest BCUT2D eigenvalue weighted by molar-refractivity contribution is 9.10. The third-order valence-corrected chi connectivity index (χ3v) is 6.27. The highest BCUT2D eigenvalue weighted by Crippen LogP contribution is 2.31. The predicted molar refractivity (Wildman–Crippen MR) is 126 cm³/mol. The SMILES string of the molecule is Cc1ccc(CN(C)CC2Cc3c(Br)cccc3CN2C(=O)OC(C)(C)C)c(C)c1. The van der Waals surface area contributed by atoms with Crippen molar-refractivity contribution in [2.24, 2.45) is 0 Å². The van der Waals surface area contributed by atoms with Crippen molar-refractivity contribution in [3.8, 4) is 0 Å². The topological polar surface area (TPSA) is 32.8 Å². The number of carbonyl (C=O) groups is 1.